The van der Waals surface area contributed by atoms with Gasteiger partial charge in [0, 0.05) is 5.38 Å². The van der Waals surface area contributed by atoms with Gasteiger partial charge in [-0.1, -0.05) is 12.1 Å². The molecule has 0 fully saturated rings. The maximum absolute atomic E-state index is 11.5. The summed E-state index contributed by atoms with van der Waals surface area (Å²) in [7, 11) is 1.64. The Balaban J connectivity index is 1.47. The van der Waals surface area contributed by atoms with Crippen LogP contribution < -0.4 is 14.9 Å². The van der Waals surface area contributed by atoms with Crippen LogP contribution in [-0.2, 0) is 22.6 Å². The summed E-state index contributed by atoms with van der Waals surface area (Å²) >= 11 is 1.38. The van der Waals surface area contributed by atoms with Crippen molar-refractivity contribution >= 4 is 28.7 Å². The number of methoxy groups -OCH3 is 1. The molecule has 0 aliphatic heterocycles. The van der Waals surface area contributed by atoms with Crippen LogP contribution in [0, 0.1) is 0 Å². The van der Waals surface area contributed by atoms with Gasteiger partial charge in [-0.2, -0.15) is 5.10 Å². The average Bonchev–Trinajstić information content (AvgIpc) is 3.20. The second kappa shape index (κ2) is 11.0. The van der Waals surface area contributed by atoms with Crippen LogP contribution in [0.4, 0.5) is 5.13 Å². The van der Waals surface area contributed by atoms with Crippen molar-refractivity contribution in [1.29, 1.82) is 0 Å². The summed E-state index contributed by atoms with van der Waals surface area (Å²) in [6, 6.07) is 15.4. The molecule has 0 aliphatic carbocycles. The van der Waals surface area contributed by atoms with Gasteiger partial charge < -0.3 is 14.2 Å². The van der Waals surface area contributed by atoms with Crippen molar-refractivity contribution < 1.29 is 19.0 Å². The number of esters is 1. The lowest BCUT2D eigenvalue weighted by Gasteiger charge is -2.07. The molecule has 0 spiro atoms. The molecule has 2 aromatic carbocycles. The average molecular weight is 426 g/mol. The second-order valence-corrected chi connectivity index (χ2v) is 7.06. The molecule has 1 heterocycles. The molecule has 3 rings (SSSR count). The number of benzene rings is 2. The van der Waals surface area contributed by atoms with E-state index in [4.69, 9.17) is 14.2 Å². The molecular weight excluding hydrogens is 402 g/mol. The van der Waals surface area contributed by atoms with E-state index in [0.29, 0.717) is 24.0 Å². The monoisotopic (exact) mass is 425 g/mol. The smallest absolute Gasteiger partial charge is 0.311 e. The Hall–Kier alpha value is -3.39. The Morgan fingerprint density at radius 2 is 2.03 bits per heavy atom. The highest BCUT2D eigenvalue weighted by Gasteiger charge is 2.07. The van der Waals surface area contributed by atoms with Crippen LogP contribution in [0.3, 0.4) is 0 Å². The van der Waals surface area contributed by atoms with Crippen LogP contribution in [0.1, 0.15) is 23.7 Å². The van der Waals surface area contributed by atoms with Crippen molar-refractivity contribution in [1.82, 2.24) is 4.98 Å². The van der Waals surface area contributed by atoms with Crippen LogP contribution in [-0.4, -0.2) is 30.9 Å². The summed E-state index contributed by atoms with van der Waals surface area (Å²) in [6.07, 6.45) is 1.85. The zero-order valence-corrected chi connectivity index (χ0v) is 17.6. The molecule has 0 aliphatic rings. The third-order valence-electron chi connectivity index (χ3n) is 3.98. The predicted molar refractivity (Wildman–Crippen MR) is 117 cm³/mol. The van der Waals surface area contributed by atoms with Crippen molar-refractivity contribution in [3.63, 3.8) is 0 Å². The number of hydrogen-bond acceptors (Lipinski definition) is 8. The van der Waals surface area contributed by atoms with E-state index in [1.165, 1.54) is 11.3 Å². The van der Waals surface area contributed by atoms with E-state index in [9.17, 15) is 4.79 Å². The van der Waals surface area contributed by atoms with Crippen LogP contribution in [0.5, 0.6) is 11.5 Å². The highest BCUT2D eigenvalue weighted by atomic mass is 32.1. The van der Waals surface area contributed by atoms with Gasteiger partial charge >= 0.3 is 5.97 Å². The van der Waals surface area contributed by atoms with Gasteiger partial charge in [-0.15, -0.1) is 11.3 Å². The SMILES string of the molecule is CCOC(=O)Cc1csc(NN=Cc2ccc(OCc3cccc(OC)c3)cc2)n1. The van der Waals surface area contributed by atoms with Crippen molar-refractivity contribution in [2.45, 2.75) is 20.0 Å². The number of aromatic nitrogens is 1. The summed E-state index contributed by atoms with van der Waals surface area (Å²) in [5, 5.41) is 6.61. The molecular formula is C22H23N3O4S. The van der Waals surface area contributed by atoms with E-state index in [0.717, 1.165) is 22.6 Å². The van der Waals surface area contributed by atoms with E-state index in [2.05, 4.69) is 15.5 Å². The normalized spacial score (nSPS) is 10.7. The molecule has 0 unspecified atom stereocenters. The lowest BCUT2D eigenvalue weighted by Crippen LogP contribution is -2.07. The van der Waals surface area contributed by atoms with Crippen molar-refractivity contribution in [2.75, 3.05) is 19.1 Å². The lowest BCUT2D eigenvalue weighted by atomic mass is 10.2. The number of thiazole rings is 1. The first kappa shape index (κ1) is 21.3. The number of anilines is 1. The molecule has 30 heavy (non-hydrogen) atoms. The minimum absolute atomic E-state index is 0.160. The van der Waals surface area contributed by atoms with E-state index >= 15 is 0 Å². The number of carbonyl (C=O) groups excluding carboxylic acids is 1. The number of hydrazone groups is 1. The third-order valence-corrected chi connectivity index (χ3v) is 4.77. The fourth-order valence-electron chi connectivity index (χ4n) is 2.54. The van der Waals surface area contributed by atoms with Crippen LogP contribution >= 0.6 is 11.3 Å². The standard InChI is InChI=1S/C22H23N3O4S/c1-3-28-21(26)12-18-15-30-22(24-18)25-23-13-16-7-9-19(10-8-16)29-14-17-5-4-6-20(11-17)27-2/h4-11,13,15H,3,12,14H2,1-2H3,(H,24,25). The van der Waals surface area contributed by atoms with Gasteiger partial charge in [-0.25, -0.2) is 4.98 Å². The number of rotatable bonds is 10. The van der Waals surface area contributed by atoms with Gasteiger partial charge in [0.25, 0.3) is 0 Å². The van der Waals surface area contributed by atoms with Crippen molar-refractivity contribution in [2.24, 2.45) is 5.10 Å². The Morgan fingerprint density at radius 1 is 1.20 bits per heavy atom. The minimum atomic E-state index is -0.286. The maximum atomic E-state index is 11.5. The topological polar surface area (TPSA) is 82.0 Å². The first-order chi connectivity index (χ1) is 14.7. The molecule has 0 amide bonds. The summed E-state index contributed by atoms with van der Waals surface area (Å²) < 4.78 is 15.9. The molecule has 0 radical (unpaired) electrons. The van der Waals surface area contributed by atoms with Crippen LogP contribution in [0.2, 0.25) is 0 Å². The maximum Gasteiger partial charge on any atom is 0.311 e. The van der Waals surface area contributed by atoms with Gasteiger partial charge in [0.2, 0.25) is 5.13 Å². The number of nitrogens with zero attached hydrogens (tertiary/aromatic N) is 2. The quantitative estimate of drug-likeness (QED) is 0.297. The molecule has 0 saturated carbocycles. The molecule has 1 N–H and O–H groups in total. The second-order valence-electron chi connectivity index (χ2n) is 6.21. The lowest BCUT2D eigenvalue weighted by molar-refractivity contribution is -0.142. The van der Waals surface area contributed by atoms with Gasteiger partial charge in [0.05, 0.1) is 32.0 Å². The molecule has 1 aromatic heterocycles. The number of carbonyl (C=O) groups is 1. The van der Waals surface area contributed by atoms with Crippen molar-refractivity contribution in [3.8, 4) is 11.5 Å². The Labute approximate surface area is 179 Å². The summed E-state index contributed by atoms with van der Waals surface area (Å²) in [5.74, 6) is 1.29. The first-order valence-electron chi connectivity index (χ1n) is 9.41. The minimum Gasteiger partial charge on any atom is -0.497 e. The third kappa shape index (κ3) is 6.59. The molecule has 8 heteroatoms. The highest BCUT2D eigenvalue weighted by molar-refractivity contribution is 7.13. The van der Waals surface area contributed by atoms with Gasteiger partial charge in [-0.3, -0.25) is 10.2 Å². The van der Waals surface area contributed by atoms with Crippen molar-refractivity contribution in [3.05, 3.63) is 70.7 Å². The highest BCUT2D eigenvalue weighted by Crippen LogP contribution is 2.18. The van der Waals surface area contributed by atoms with Gasteiger partial charge in [0.15, 0.2) is 0 Å². The van der Waals surface area contributed by atoms with E-state index < -0.39 is 0 Å². The number of hydrogen-bond donors (Lipinski definition) is 1. The Bertz CT molecular complexity index is 986. The largest absolute Gasteiger partial charge is 0.497 e. The first-order valence-corrected chi connectivity index (χ1v) is 10.3. The summed E-state index contributed by atoms with van der Waals surface area (Å²) in [5.41, 5.74) is 5.49. The van der Waals surface area contributed by atoms with E-state index in [1.54, 1.807) is 20.2 Å². The number of nitrogens with one attached hydrogen (secondary N) is 1. The van der Waals surface area contributed by atoms with Gasteiger partial charge in [-0.05, 0) is 54.4 Å². The number of ether oxygens (including phenoxy) is 3. The predicted octanol–water partition coefficient (Wildman–Crippen LogP) is 4.28. The molecule has 0 saturated heterocycles. The fourth-order valence-corrected chi connectivity index (χ4v) is 3.20. The molecule has 7 nitrogen and oxygen atoms in total. The van der Waals surface area contributed by atoms with Crippen LogP contribution in [0.15, 0.2) is 59.0 Å². The molecule has 0 atom stereocenters. The van der Waals surface area contributed by atoms with E-state index in [1.807, 2.05) is 53.9 Å². The molecule has 156 valence electrons. The Kier molecular flexibility index (Phi) is 7.79. The zero-order valence-electron chi connectivity index (χ0n) is 16.8. The summed E-state index contributed by atoms with van der Waals surface area (Å²) in [4.78, 5) is 15.8. The van der Waals surface area contributed by atoms with Gasteiger partial charge in [0.1, 0.15) is 18.1 Å². The van der Waals surface area contributed by atoms with E-state index in [-0.39, 0.29) is 12.4 Å². The molecule has 3 aromatic rings. The molecule has 0 bridgehead atoms. The summed E-state index contributed by atoms with van der Waals surface area (Å²) in [6.45, 7) is 2.60. The zero-order chi connectivity index (χ0) is 21.2. The Morgan fingerprint density at radius 3 is 2.80 bits per heavy atom. The van der Waals surface area contributed by atoms with Crippen LogP contribution in [0.25, 0.3) is 0 Å². The fraction of sp³-hybridized carbons (Fsp3) is 0.227.